The number of nitrogen functional groups attached to an aromatic ring is 1. The maximum Gasteiger partial charge on any atom is 0.257 e. The van der Waals surface area contributed by atoms with Gasteiger partial charge in [0.2, 0.25) is 0 Å². The van der Waals surface area contributed by atoms with Crippen molar-refractivity contribution in [2.24, 2.45) is 0 Å². The highest BCUT2D eigenvalue weighted by Gasteiger charge is 2.12. The third-order valence-corrected chi connectivity index (χ3v) is 3.90. The minimum atomic E-state index is -0.208. The highest BCUT2D eigenvalue weighted by atomic mass is 79.9. The molecule has 0 spiro atoms. The number of anilines is 2. The smallest absolute Gasteiger partial charge is 0.257 e. The van der Waals surface area contributed by atoms with Crippen LogP contribution in [0.2, 0.25) is 0 Å². The first-order chi connectivity index (χ1) is 9.11. The van der Waals surface area contributed by atoms with E-state index in [9.17, 15) is 4.79 Å². The quantitative estimate of drug-likeness (QED) is 0.657. The number of para-hydroxylation sites is 1. The number of hydrogen-bond donors (Lipinski definition) is 2. The molecule has 2 aromatic carbocycles. The lowest BCUT2D eigenvalue weighted by molar-refractivity contribution is 0.102. The van der Waals surface area contributed by atoms with E-state index < -0.39 is 0 Å². The largest absolute Gasteiger partial charge is 0.398 e. The van der Waals surface area contributed by atoms with Crippen LogP contribution in [0.25, 0.3) is 0 Å². The molecule has 0 heterocycles. The Hall–Kier alpha value is -1.46. The second kappa shape index (κ2) is 6.12. The topological polar surface area (TPSA) is 55.1 Å². The Kier molecular flexibility index (Phi) is 4.50. The van der Waals surface area contributed by atoms with Crippen LogP contribution < -0.4 is 11.1 Å². The van der Waals surface area contributed by atoms with Crippen molar-refractivity contribution in [1.82, 2.24) is 0 Å². The van der Waals surface area contributed by atoms with E-state index in [1.807, 2.05) is 36.6 Å². The number of amides is 1. The number of carbonyl (C=O) groups excluding carboxylic acids is 1. The number of halogens is 1. The fraction of sp³-hybridized carbons (Fsp3) is 0.0714. The van der Waals surface area contributed by atoms with Gasteiger partial charge in [0.1, 0.15) is 0 Å². The van der Waals surface area contributed by atoms with Crippen LogP contribution in [0.15, 0.2) is 51.8 Å². The predicted molar refractivity (Wildman–Crippen MR) is 84.7 cm³/mol. The lowest BCUT2D eigenvalue weighted by Crippen LogP contribution is -2.14. The van der Waals surface area contributed by atoms with Crippen molar-refractivity contribution in [3.63, 3.8) is 0 Å². The summed E-state index contributed by atoms with van der Waals surface area (Å²) in [6.07, 6.45) is 1.97. The second-order valence-corrected chi connectivity index (χ2v) is 5.65. The molecular weight excluding hydrogens is 324 g/mol. The predicted octanol–water partition coefficient (Wildman–Crippen LogP) is 4.01. The van der Waals surface area contributed by atoms with Gasteiger partial charge >= 0.3 is 0 Å². The van der Waals surface area contributed by atoms with Crippen LogP contribution in [-0.4, -0.2) is 12.2 Å². The van der Waals surface area contributed by atoms with Gasteiger partial charge in [-0.25, -0.2) is 0 Å². The molecule has 2 rings (SSSR count). The molecule has 0 atom stereocenters. The summed E-state index contributed by atoms with van der Waals surface area (Å²) in [6.45, 7) is 0. The van der Waals surface area contributed by atoms with E-state index in [1.165, 1.54) is 0 Å². The summed E-state index contributed by atoms with van der Waals surface area (Å²) in [5, 5.41) is 2.89. The minimum absolute atomic E-state index is 0.208. The van der Waals surface area contributed by atoms with Crippen LogP contribution in [-0.2, 0) is 0 Å². The third-order valence-electron chi connectivity index (χ3n) is 2.62. The number of benzene rings is 2. The molecule has 0 radical (unpaired) electrons. The van der Waals surface area contributed by atoms with Crippen molar-refractivity contribution >= 4 is 45.0 Å². The number of nitrogens with one attached hydrogen (secondary N) is 1. The Morgan fingerprint density at radius 1 is 1.26 bits per heavy atom. The second-order valence-electron chi connectivity index (χ2n) is 3.89. The zero-order valence-electron chi connectivity index (χ0n) is 10.3. The molecule has 98 valence electrons. The van der Waals surface area contributed by atoms with Gasteiger partial charge in [0.05, 0.1) is 11.3 Å². The Labute approximate surface area is 124 Å². The minimum Gasteiger partial charge on any atom is -0.398 e. The van der Waals surface area contributed by atoms with E-state index in [2.05, 4.69) is 21.2 Å². The molecule has 0 aliphatic heterocycles. The van der Waals surface area contributed by atoms with Gasteiger partial charge in [-0.15, -0.1) is 11.8 Å². The maximum absolute atomic E-state index is 12.2. The number of rotatable bonds is 3. The standard InChI is InChI=1S/C14H13BrN2OS/c1-19-13-5-3-2-4-12(13)17-14(18)10-8-9(15)6-7-11(10)16/h2-8H,16H2,1H3,(H,17,18). The molecule has 0 fully saturated rings. The summed E-state index contributed by atoms with van der Waals surface area (Å²) >= 11 is 4.92. The van der Waals surface area contributed by atoms with E-state index in [4.69, 9.17) is 5.73 Å². The SMILES string of the molecule is CSc1ccccc1NC(=O)c1cc(Br)ccc1N. The molecule has 0 aromatic heterocycles. The summed E-state index contributed by atoms with van der Waals surface area (Å²) in [4.78, 5) is 13.3. The molecule has 0 aliphatic carbocycles. The van der Waals surface area contributed by atoms with E-state index in [0.29, 0.717) is 11.3 Å². The summed E-state index contributed by atoms with van der Waals surface area (Å²) in [7, 11) is 0. The van der Waals surface area contributed by atoms with Gasteiger partial charge in [-0.1, -0.05) is 28.1 Å². The molecule has 1 amide bonds. The first-order valence-corrected chi connectivity index (χ1v) is 7.63. The molecule has 0 saturated heterocycles. The molecule has 0 aliphatic rings. The number of carbonyl (C=O) groups is 1. The van der Waals surface area contributed by atoms with Crippen LogP contribution in [0, 0.1) is 0 Å². The lowest BCUT2D eigenvalue weighted by Gasteiger charge is -2.10. The van der Waals surface area contributed by atoms with Crippen molar-refractivity contribution in [2.75, 3.05) is 17.3 Å². The van der Waals surface area contributed by atoms with E-state index in [1.54, 1.807) is 23.9 Å². The van der Waals surface area contributed by atoms with Crippen molar-refractivity contribution in [3.8, 4) is 0 Å². The van der Waals surface area contributed by atoms with Gasteiger partial charge in [-0.2, -0.15) is 0 Å². The fourth-order valence-corrected chi connectivity index (χ4v) is 2.58. The van der Waals surface area contributed by atoms with E-state index in [0.717, 1.165) is 15.1 Å². The summed E-state index contributed by atoms with van der Waals surface area (Å²) < 4.78 is 0.824. The average Bonchev–Trinajstić information content (AvgIpc) is 2.42. The fourth-order valence-electron chi connectivity index (χ4n) is 1.66. The van der Waals surface area contributed by atoms with Crippen molar-refractivity contribution in [1.29, 1.82) is 0 Å². The van der Waals surface area contributed by atoms with Gasteiger partial charge < -0.3 is 11.1 Å². The molecule has 0 saturated carbocycles. The first kappa shape index (κ1) is 14.0. The highest BCUT2D eigenvalue weighted by Crippen LogP contribution is 2.26. The third kappa shape index (κ3) is 3.30. The molecule has 19 heavy (non-hydrogen) atoms. The van der Waals surface area contributed by atoms with Gasteiger partial charge in [0.15, 0.2) is 0 Å². The van der Waals surface area contributed by atoms with Gasteiger partial charge in [-0.3, -0.25) is 4.79 Å². The average molecular weight is 337 g/mol. The van der Waals surface area contributed by atoms with Crippen LogP contribution in [0.4, 0.5) is 11.4 Å². The van der Waals surface area contributed by atoms with Gasteiger partial charge in [0.25, 0.3) is 5.91 Å². The Balaban J connectivity index is 2.28. The molecular formula is C14H13BrN2OS. The van der Waals surface area contributed by atoms with Crippen LogP contribution >= 0.6 is 27.7 Å². The zero-order chi connectivity index (χ0) is 13.8. The van der Waals surface area contributed by atoms with Crippen LogP contribution in [0.1, 0.15) is 10.4 Å². The number of hydrogen-bond acceptors (Lipinski definition) is 3. The monoisotopic (exact) mass is 336 g/mol. The number of thioether (sulfide) groups is 1. The normalized spacial score (nSPS) is 10.2. The maximum atomic E-state index is 12.2. The highest BCUT2D eigenvalue weighted by molar-refractivity contribution is 9.10. The molecule has 2 aromatic rings. The lowest BCUT2D eigenvalue weighted by atomic mass is 10.1. The summed E-state index contributed by atoms with van der Waals surface area (Å²) in [5.41, 5.74) is 7.54. The Morgan fingerprint density at radius 2 is 2.00 bits per heavy atom. The van der Waals surface area contributed by atoms with Crippen molar-refractivity contribution in [2.45, 2.75) is 4.90 Å². The van der Waals surface area contributed by atoms with Crippen molar-refractivity contribution in [3.05, 3.63) is 52.5 Å². The molecule has 5 heteroatoms. The summed E-state index contributed by atoms with van der Waals surface area (Å²) in [6, 6.07) is 12.9. The molecule has 3 N–H and O–H groups in total. The Bertz CT molecular complexity index is 616. The van der Waals surface area contributed by atoms with E-state index in [-0.39, 0.29) is 5.91 Å². The molecule has 0 bridgehead atoms. The Morgan fingerprint density at radius 3 is 2.74 bits per heavy atom. The van der Waals surface area contributed by atoms with Gasteiger partial charge in [0, 0.05) is 15.1 Å². The van der Waals surface area contributed by atoms with Crippen molar-refractivity contribution < 1.29 is 4.79 Å². The zero-order valence-corrected chi connectivity index (χ0v) is 12.7. The number of nitrogens with two attached hydrogens (primary N) is 1. The van der Waals surface area contributed by atoms with E-state index >= 15 is 0 Å². The molecule has 0 unspecified atom stereocenters. The van der Waals surface area contributed by atoms with Crippen LogP contribution in [0.5, 0.6) is 0 Å². The summed E-state index contributed by atoms with van der Waals surface area (Å²) in [5.74, 6) is -0.208. The molecule has 3 nitrogen and oxygen atoms in total. The van der Waals surface area contributed by atoms with Crippen LogP contribution in [0.3, 0.4) is 0 Å². The van der Waals surface area contributed by atoms with Gasteiger partial charge in [-0.05, 0) is 36.6 Å². The first-order valence-electron chi connectivity index (χ1n) is 5.61.